The number of ether oxygens (including phenoxy) is 1. The van der Waals surface area contributed by atoms with Crippen LogP contribution in [0, 0.1) is 18.6 Å². The van der Waals surface area contributed by atoms with Crippen molar-refractivity contribution >= 4 is 10.9 Å². The van der Waals surface area contributed by atoms with Gasteiger partial charge in [-0.1, -0.05) is 0 Å². The SMILES string of the molecule is CCOc1c(F)cc2[nH]c(C)cc2c1F. The Kier molecular flexibility index (Phi) is 2.34. The summed E-state index contributed by atoms with van der Waals surface area (Å²) in [5.74, 6) is -1.62. The van der Waals surface area contributed by atoms with Crippen molar-refractivity contribution < 1.29 is 13.5 Å². The van der Waals surface area contributed by atoms with E-state index in [1.165, 1.54) is 6.07 Å². The number of rotatable bonds is 2. The maximum absolute atomic E-state index is 13.7. The van der Waals surface area contributed by atoms with Crippen molar-refractivity contribution in [1.82, 2.24) is 4.98 Å². The molecule has 0 aliphatic heterocycles. The van der Waals surface area contributed by atoms with Crippen molar-refractivity contribution in [2.24, 2.45) is 0 Å². The number of hydrogen-bond donors (Lipinski definition) is 1. The molecule has 0 saturated heterocycles. The maximum atomic E-state index is 13.7. The van der Waals surface area contributed by atoms with Crippen molar-refractivity contribution in [3.8, 4) is 5.75 Å². The van der Waals surface area contributed by atoms with Crippen LogP contribution in [0.1, 0.15) is 12.6 Å². The van der Waals surface area contributed by atoms with Gasteiger partial charge in [0.25, 0.3) is 0 Å². The molecule has 1 aromatic heterocycles. The minimum atomic E-state index is -0.677. The topological polar surface area (TPSA) is 25.0 Å². The Labute approximate surface area is 85.9 Å². The number of aromatic nitrogens is 1. The maximum Gasteiger partial charge on any atom is 0.191 e. The number of aryl methyl sites for hydroxylation is 1. The highest BCUT2D eigenvalue weighted by Crippen LogP contribution is 2.29. The van der Waals surface area contributed by atoms with Crippen LogP contribution in [0.4, 0.5) is 8.78 Å². The lowest BCUT2D eigenvalue weighted by Gasteiger charge is -2.06. The largest absolute Gasteiger partial charge is 0.488 e. The van der Waals surface area contributed by atoms with Crippen LogP contribution in [-0.2, 0) is 0 Å². The number of halogens is 2. The van der Waals surface area contributed by atoms with Crippen LogP contribution < -0.4 is 4.74 Å². The van der Waals surface area contributed by atoms with Crippen LogP contribution in [0.3, 0.4) is 0 Å². The molecule has 2 aromatic rings. The van der Waals surface area contributed by atoms with Crippen molar-refractivity contribution in [2.75, 3.05) is 6.61 Å². The molecule has 1 aromatic carbocycles. The summed E-state index contributed by atoms with van der Waals surface area (Å²) in [4.78, 5) is 2.87. The number of benzene rings is 1. The summed E-state index contributed by atoms with van der Waals surface area (Å²) in [5.41, 5.74) is 1.24. The standard InChI is InChI=1S/C11H11F2NO/c1-3-15-11-8(12)5-9-7(10(11)13)4-6(2)14-9/h4-5,14H,3H2,1-2H3. The van der Waals surface area contributed by atoms with Gasteiger partial charge in [0.1, 0.15) is 0 Å². The number of aromatic amines is 1. The summed E-state index contributed by atoms with van der Waals surface area (Å²) in [5, 5.41) is 0.359. The fraction of sp³-hybridized carbons (Fsp3) is 0.273. The summed E-state index contributed by atoms with van der Waals surface area (Å²) in [6.07, 6.45) is 0. The van der Waals surface area contributed by atoms with Crippen LogP contribution in [0.15, 0.2) is 12.1 Å². The molecule has 0 bridgehead atoms. The highest BCUT2D eigenvalue weighted by atomic mass is 19.1. The second-order valence-corrected chi connectivity index (χ2v) is 3.35. The second kappa shape index (κ2) is 3.53. The predicted octanol–water partition coefficient (Wildman–Crippen LogP) is 3.15. The van der Waals surface area contributed by atoms with E-state index in [0.717, 1.165) is 5.69 Å². The molecule has 1 N–H and O–H groups in total. The fourth-order valence-corrected chi connectivity index (χ4v) is 1.60. The highest BCUT2D eigenvalue weighted by molar-refractivity contribution is 5.83. The Balaban J connectivity index is 2.71. The van der Waals surface area contributed by atoms with Gasteiger partial charge in [0.05, 0.1) is 12.1 Å². The number of H-pyrrole nitrogens is 1. The second-order valence-electron chi connectivity index (χ2n) is 3.35. The molecule has 0 aliphatic carbocycles. The zero-order valence-electron chi connectivity index (χ0n) is 8.53. The van der Waals surface area contributed by atoms with Crippen LogP contribution in [0.5, 0.6) is 5.75 Å². The van der Waals surface area contributed by atoms with Crippen LogP contribution in [0.25, 0.3) is 10.9 Å². The molecule has 0 radical (unpaired) electrons. The van der Waals surface area contributed by atoms with Gasteiger partial charge < -0.3 is 9.72 Å². The molecule has 0 atom stereocenters. The average molecular weight is 211 g/mol. The van der Waals surface area contributed by atoms with Gasteiger partial charge in [-0.25, -0.2) is 8.78 Å². The van der Waals surface area contributed by atoms with Crippen LogP contribution in [-0.4, -0.2) is 11.6 Å². The third-order valence-electron chi connectivity index (χ3n) is 2.20. The minimum Gasteiger partial charge on any atom is -0.488 e. The molecule has 0 amide bonds. The van der Waals surface area contributed by atoms with Gasteiger partial charge in [-0.05, 0) is 19.9 Å². The minimum absolute atomic E-state index is 0.239. The summed E-state index contributed by atoms with van der Waals surface area (Å²) in [7, 11) is 0. The molecular formula is C11H11F2NO. The Hall–Kier alpha value is -1.58. The van der Waals surface area contributed by atoms with Gasteiger partial charge in [-0.2, -0.15) is 0 Å². The molecule has 2 rings (SSSR count). The van der Waals surface area contributed by atoms with Crippen LogP contribution in [0.2, 0.25) is 0 Å². The molecule has 0 aliphatic rings. The van der Waals surface area contributed by atoms with Crippen molar-refractivity contribution in [2.45, 2.75) is 13.8 Å². The molecule has 1 heterocycles. The van der Waals surface area contributed by atoms with Gasteiger partial charge in [-0.15, -0.1) is 0 Å². The van der Waals surface area contributed by atoms with E-state index in [9.17, 15) is 8.78 Å². The predicted molar refractivity (Wildman–Crippen MR) is 54.1 cm³/mol. The number of fused-ring (bicyclic) bond motifs is 1. The Morgan fingerprint density at radius 2 is 2.07 bits per heavy atom. The number of nitrogens with one attached hydrogen (secondary N) is 1. The molecule has 2 nitrogen and oxygen atoms in total. The number of hydrogen-bond acceptors (Lipinski definition) is 1. The lowest BCUT2D eigenvalue weighted by Crippen LogP contribution is -1.98. The zero-order chi connectivity index (χ0) is 11.0. The van der Waals surface area contributed by atoms with E-state index >= 15 is 0 Å². The van der Waals surface area contributed by atoms with E-state index in [1.54, 1.807) is 19.9 Å². The summed E-state index contributed by atoms with van der Waals surface area (Å²) >= 11 is 0. The smallest absolute Gasteiger partial charge is 0.191 e. The van der Waals surface area contributed by atoms with E-state index in [-0.39, 0.29) is 12.4 Å². The van der Waals surface area contributed by atoms with E-state index < -0.39 is 11.6 Å². The normalized spacial score (nSPS) is 10.9. The van der Waals surface area contributed by atoms with Gasteiger partial charge in [0.2, 0.25) is 0 Å². The van der Waals surface area contributed by atoms with E-state index in [2.05, 4.69) is 4.98 Å². The van der Waals surface area contributed by atoms with E-state index in [4.69, 9.17) is 4.74 Å². The quantitative estimate of drug-likeness (QED) is 0.810. The first-order valence-electron chi connectivity index (χ1n) is 4.73. The lowest BCUT2D eigenvalue weighted by molar-refractivity contribution is 0.304. The van der Waals surface area contributed by atoms with Crippen molar-refractivity contribution in [3.05, 3.63) is 29.5 Å². The first kappa shape index (κ1) is 9.96. The molecular weight excluding hydrogens is 200 g/mol. The van der Waals surface area contributed by atoms with E-state index in [1.807, 2.05) is 0 Å². The summed E-state index contributed by atoms with van der Waals surface area (Å²) < 4.78 is 32.1. The van der Waals surface area contributed by atoms with Gasteiger partial charge in [0.15, 0.2) is 17.4 Å². The highest BCUT2D eigenvalue weighted by Gasteiger charge is 2.15. The molecule has 0 saturated carbocycles. The monoisotopic (exact) mass is 211 g/mol. The Morgan fingerprint density at radius 1 is 1.33 bits per heavy atom. The lowest BCUT2D eigenvalue weighted by atomic mass is 10.2. The molecule has 0 fully saturated rings. The molecule has 15 heavy (non-hydrogen) atoms. The fourth-order valence-electron chi connectivity index (χ4n) is 1.60. The summed E-state index contributed by atoms with van der Waals surface area (Å²) in [6, 6.07) is 2.88. The third-order valence-corrected chi connectivity index (χ3v) is 2.20. The molecule has 80 valence electrons. The van der Waals surface area contributed by atoms with Crippen molar-refractivity contribution in [3.63, 3.8) is 0 Å². The van der Waals surface area contributed by atoms with Gasteiger partial charge in [-0.3, -0.25) is 0 Å². The first-order chi connectivity index (χ1) is 7.13. The first-order valence-corrected chi connectivity index (χ1v) is 4.73. The Bertz CT molecular complexity index is 505. The Morgan fingerprint density at radius 3 is 2.73 bits per heavy atom. The zero-order valence-corrected chi connectivity index (χ0v) is 8.53. The van der Waals surface area contributed by atoms with E-state index in [0.29, 0.717) is 10.9 Å². The molecule has 0 unspecified atom stereocenters. The van der Waals surface area contributed by atoms with Crippen molar-refractivity contribution in [1.29, 1.82) is 0 Å². The summed E-state index contributed by atoms with van der Waals surface area (Å²) in [6.45, 7) is 3.71. The van der Waals surface area contributed by atoms with Gasteiger partial charge >= 0.3 is 0 Å². The average Bonchev–Trinajstić information content (AvgIpc) is 2.53. The van der Waals surface area contributed by atoms with Gasteiger partial charge in [0, 0.05) is 17.1 Å². The molecule has 4 heteroatoms. The van der Waals surface area contributed by atoms with Crippen LogP contribution >= 0.6 is 0 Å². The molecule has 0 spiro atoms. The third kappa shape index (κ3) is 1.56.